The van der Waals surface area contributed by atoms with E-state index in [2.05, 4.69) is 48.0 Å². The summed E-state index contributed by atoms with van der Waals surface area (Å²) in [5.74, 6) is 1.11. The zero-order valence-electron chi connectivity index (χ0n) is 11.1. The molecule has 3 atom stereocenters. The van der Waals surface area contributed by atoms with Gasteiger partial charge in [-0.05, 0) is 48.8 Å². The zero-order chi connectivity index (χ0) is 13.3. The summed E-state index contributed by atoms with van der Waals surface area (Å²) in [5, 5.41) is 0. The summed E-state index contributed by atoms with van der Waals surface area (Å²) in [5.41, 5.74) is 2.62. The highest BCUT2D eigenvalue weighted by Crippen LogP contribution is 2.45. The van der Waals surface area contributed by atoms with Gasteiger partial charge in [-0.25, -0.2) is 0 Å². The number of carbonyl (C=O) groups is 1. The van der Waals surface area contributed by atoms with Crippen molar-refractivity contribution in [3.8, 4) is 0 Å². The van der Waals surface area contributed by atoms with Crippen molar-refractivity contribution in [1.82, 2.24) is 0 Å². The molecule has 0 saturated heterocycles. The molecule has 0 radical (unpaired) electrons. The number of ether oxygens (including phenoxy) is 1. The topological polar surface area (TPSA) is 26.3 Å². The van der Waals surface area contributed by atoms with Crippen molar-refractivity contribution in [3.05, 3.63) is 33.8 Å². The Bertz CT molecular complexity index is 456. The molecular formula is C15H19BrO2. The normalized spacial score (nSPS) is 23.6. The molecule has 1 aliphatic rings. The van der Waals surface area contributed by atoms with E-state index in [0.717, 1.165) is 17.3 Å². The second-order valence-electron chi connectivity index (χ2n) is 5.27. The number of methoxy groups -OCH3 is 1. The molecule has 1 aliphatic carbocycles. The van der Waals surface area contributed by atoms with Crippen LogP contribution in [0.5, 0.6) is 0 Å². The third kappa shape index (κ3) is 2.94. The number of rotatable bonds is 4. The molecular weight excluding hydrogens is 292 g/mol. The van der Waals surface area contributed by atoms with Gasteiger partial charge in [0.1, 0.15) is 0 Å². The van der Waals surface area contributed by atoms with Crippen LogP contribution in [0.4, 0.5) is 0 Å². The van der Waals surface area contributed by atoms with Crippen molar-refractivity contribution in [1.29, 1.82) is 0 Å². The van der Waals surface area contributed by atoms with Crippen LogP contribution in [0.15, 0.2) is 22.7 Å². The van der Waals surface area contributed by atoms with Crippen LogP contribution in [0.1, 0.15) is 36.8 Å². The Hall–Kier alpha value is -0.830. The van der Waals surface area contributed by atoms with E-state index in [1.54, 1.807) is 0 Å². The third-order valence-electron chi connectivity index (χ3n) is 3.83. The first-order valence-electron chi connectivity index (χ1n) is 6.36. The Kier molecular flexibility index (Phi) is 4.10. The number of esters is 1. The molecule has 2 nitrogen and oxygen atoms in total. The predicted molar refractivity (Wildman–Crippen MR) is 75.5 cm³/mol. The van der Waals surface area contributed by atoms with E-state index >= 15 is 0 Å². The van der Waals surface area contributed by atoms with E-state index < -0.39 is 0 Å². The number of hydrogen-bond donors (Lipinski definition) is 0. The second kappa shape index (κ2) is 5.43. The smallest absolute Gasteiger partial charge is 0.308 e. The molecule has 0 amide bonds. The molecule has 0 spiro atoms. The Labute approximate surface area is 117 Å². The van der Waals surface area contributed by atoms with Gasteiger partial charge in [-0.2, -0.15) is 0 Å². The molecule has 18 heavy (non-hydrogen) atoms. The molecule has 1 aromatic carbocycles. The SMILES string of the molecule is COC(=O)C1CC1CC(C)c1ccc(Br)c(C)c1. The fourth-order valence-electron chi connectivity index (χ4n) is 2.51. The largest absolute Gasteiger partial charge is 0.469 e. The van der Waals surface area contributed by atoms with Crippen molar-refractivity contribution in [2.75, 3.05) is 7.11 Å². The Morgan fingerprint density at radius 2 is 2.28 bits per heavy atom. The van der Waals surface area contributed by atoms with Gasteiger partial charge < -0.3 is 4.74 Å². The van der Waals surface area contributed by atoms with E-state index in [9.17, 15) is 4.79 Å². The average Bonchev–Trinajstić information content (AvgIpc) is 3.10. The summed E-state index contributed by atoms with van der Waals surface area (Å²) in [6, 6.07) is 6.49. The third-order valence-corrected chi connectivity index (χ3v) is 4.72. The van der Waals surface area contributed by atoms with Crippen LogP contribution in [0.25, 0.3) is 0 Å². The Morgan fingerprint density at radius 1 is 1.56 bits per heavy atom. The van der Waals surface area contributed by atoms with Gasteiger partial charge in [-0.15, -0.1) is 0 Å². The minimum Gasteiger partial charge on any atom is -0.469 e. The van der Waals surface area contributed by atoms with Gasteiger partial charge in [-0.1, -0.05) is 35.0 Å². The molecule has 1 saturated carbocycles. The zero-order valence-corrected chi connectivity index (χ0v) is 12.7. The van der Waals surface area contributed by atoms with E-state index in [4.69, 9.17) is 4.74 Å². The molecule has 98 valence electrons. The van der Waals surface area contributed by atoms with Gasteiger partial charge >= 0.3 is 5.97 Å². The summed E-state index contributed by atoms with van der Waals surface area (Å²) >= 11 is 3.52. The lowest BCUT2D eigenvalue weighted by molar-refractivity contribution is -0.142. The minimum absolute atomic E-state index is 0.0424. The van der Waals surface area contributed by atoms with Crippen molar-refractivity contribution in [3.63, 3.8) is 0 Å². The summed E-state index contributed by atoms with van der Waals surface area (Å²) in [7, 11) is 1.47. The highest BCUT2D eigenvalue weighted by atomic mass is 79.9. The Morgan fingerprint density at radius 3 is 2.89 bits per heavy atom. The average molecular weight is 311 g/mol. The maximum absolute atomic E-state index is 11.4. The first-order chi connectivity index (χ1) is 8.52. The number of hydrogen-bond acceptors (Lipinski definition) is 2. The van der Waals surface area contributed by atoms with Gasteiger partial charge in [-0.3, -0.25) is 4.79 Å². The fraction of sp³-hybridized carbons (Fsp3) is 0.533. The Balaban J connectivity index is 1.95. The summed E-state index contributed by atoms with van der Waals surface area (Å²) < 4.78 is 5.93. The van der Waals surface area contributed by atoms with Crippen LogP contribution in [0, 0.1) is 18.8 Å². The molecule has 1 aromatic rings. The van der Waals surface area contributed by atoms with E-state index in [1.807, 2.05) is 0 Å². The number of aryl methyl sites for hydroxylation is 1. The standard InChI is InChI=1S/C15H19BrO2/c1-9(6-12-8-13(12)15(17)18-3)11-4-5-14(16)10(2)7-11/h4-5,7,9,12-13H,6,8H2,1-3H3. The first-order valence-corrected chi connectivity index (χ1v) is 7.16. The number of benzene rings is 1. The van der Waals surface area contributed by atoms with Crippen molar-refractivity contribution < 1.29 is 9.53 Å². The molecule has 2 rings (SSSR count). The van der Waals surface area contributed by atoms with Crippen LogP contribution in [0.3, 0.4) is 0 Å². The molecule has 1 fully saturated rings. The maximum Gasteiger partial charge on any atom is 0.308 e. The van der Waals surface area contributed by atoms with Gasteiger partial charge in [0.25, 0.3) is 0 Å². The van der Waals surface area contributed by atoms with E-state index in [1.165, 1.54) is 18.2 Å². The molecule has 0 bridgehead atoms. The van der Waals surface area contributed by atoms with Gasteiger partial charge in [0.05, 0.1) is 13.0 Å². The first kappa shape index (κ1) is 13.6. The van der Waals surface area contributed by atoms with Crippen LogP contribution in [0.2, 0.25) is 0 Å². The lowest BCUT2D eigenvalue weighted by Gasteiger charge is -2.13. The van der Waals surface area contributed by atoms with Crippen molar-refractivity contribution in [2.24, 2.45) is 11.8 Å². The second-order valence-corrected chi connectivity index (χ2v) is 6.13. The lowest BCUT2D eigenvalue weighted by atomic mass is 9.94. The van der Waals surface area contributed by atoms with Crippen LogP contribution < -0.4 is 0 Å². The van der Waals surface area contributed by atoms with Gasteiger partial charge in [0.15, 0.2) is 0 Å². The molecule has 0 aromatic heterocycles. The predicted octanol–water partition coefficient (Wildman–Crippen LogP) is 4.06. The lowest BCUT2D eigenvalue weighted by Crippen LogP contribution is -2.05. The summed E-state index contributed by atoms with van der Waals surface area (Å²) in [6.45, 7) is 4.34. The van der Waals surface area contributed by atoms with Crippen LogP contribution in [-0.4, -0.2) is 13.1 Å². The fourth-order valence-corrected chi connectivity index (χ4v) is 2.76. The summed E-state index contributed by atoms with van der Waals surface area (Å²) in [4.78, 5) is 11.4. The monoisotopic (exact) mass is 310 g/mol. The molecule has 0 heterocycles. The van der Waals surface area contributed by atoms with E-state index in [0.29, 0.717) is 11.8 Å². The van der Waals surface area contributed by atoms with Gasteiger partial charge in [0.2, 0.25) is 0 Å². The number of carbonyl (C=O) groups excluding carboxylic acids is 1. The van der Waals surface area contributed by atoms with Crippen LogP contribution >= 0.6 is 15.9 Å². The summed E-state index contributed by atoms with van der Waals surface area (Å²) in [6.07, 6.45) is 2.06. The molecule has 0 N–H and O–H groups in total. The molecule has 3 heteroatoms. The van der Waals surface area contributed by atoms with Crippen molar-refractivity contribution >= 4 is 21.9 Å². The van der Waals surface area contributed by atoms with E-state index in [-0.39, 0.29) is 11.9 Å². The van der Waals surface area contributed by atoms with Crippen LogP contribution in [-0.2, 0) is 9.53 Å². The maximum atomic E-state index is 11.4. The molecule has 3 unspecified atom stereocenters. The van der Waals surface area contributed by atoms with Gasteiger partial charge in [0, 0.05) is 4.47 Å². The molecule has 0 aliphatic heterocycles. The highest BCUT2D eigenvalue weighted by molar-refractivity contribution is 9.10. The number of halogens is 1. The minimum atomic E-state index is -0.0424. The quantitative estimate of drug-likeness (QED) is 0.784. The highest BCUT2D eigenvalue weighted by Gasteiger charge is 2.44. The van der Waals surface area contributed by atoms with Crippen molar-refractivity contribution in [2.45, 2.75) is 32.6 Å².